The maximum atomic E-state index is 5.65. The quantitative estimate of drug-likeness (QED) is 0.793. The molecule has 0 aliphatic carbocycles. The predicted octanol–water partition coefficient (Wildman–Crippen LogP) is 2.28. The molecule has 0 aliphatic rings. The van der Waals surface area contributed by atoms with Crippen molar-refractivity contribution in [1.82, 2.24) is 9.55 Å². The van der Waals surface area contributed by atoms with Crippen LogP contribution in [0.15, 0.2) is 36.7 Å². The van der Waals surface area contributed by atoms with Crippen molar-refractivity contribution in [2.24, 2.45) is 0 Å². The van der Waals surface area contributed by atoms with Crippen LogP contribution in [0.2, 0.25) is 0 Å². The summed E-state index contributed by atoms with van der Waals surface area (Å²) in [4.78, 5) is 4.16. The molecule has 0 bridgehead atoms. The van der Waals surface area contributed by atoms with Crippen LogP contribution in [0.4, 0.5) is 0 Å². The van der Waals surface area contributed by atoms with Gasteiger partial charge in [-0.25, -0.2) is 4.98 Å². The molecule has 2 rings (SSSR count). The van der Waals surface area contributed by atoms with E-state index in [1.807, 2.05) is 37.4 Å². The summed E-state index contributed by atoms with van der Waals surface area (Å²) in [5.74, 6) is 2.63. The minimum absolute atomic E-state index is 0.615. The molecule has 0 N–H and O–H groups in total. The molecular formula is C13H16N2O2. The van der Waals surface area contributed by atoms with Crippen LogP contribution in [-0.2, 0) is 6.54 Å². The highest BCUT2D eigenvalue weighted by atomic mass is 16.5. The van der Waals surface area contributed by atoms with Crippen LogP contribution in [-0.4, -0.2) is 23.3 Å². The van der Waals surface area contributed by atoms with Crippen molar-refractivity contribution in [3.63, 3.8) is 0 Å². The van der Waals surface area contributed by atoms with Gasteiger partial charge in [-0.05, 0) is 19.1 Å². The summed E-state index contributed by atoms with van der Waals surface area (Å²) in [6, 6.07) is 7.60. The topological polar surface area (TPSA) is 36.3 Å². The zero-order chi connectivity index (χ0) is 12.1. The Morgan fingerprint density at radius 3 is 2.82 bits per heavy atom. The smallest absolute Gasteiger partial charge is 0.123 e. The van der Waals surface area contributed by atoms with Gasteiger partial charge in [-0.2, -0.15) is 0 Å². The van der Waals surface area contributed by atoms with E-state index in [1.165, 1.54) is 0 Å². The normalized spacial score (nSPS) is 10.2. The Bertz CT molecular complexity index is 480. The molecule has 4 heteroatoms. The fourth-order valence-corrected chi connectivity index (χ4v) is 1.59. The van der Waals surface area contributed by atoms with Gasteiger partial charge in [-0.1, -0.05) is 6.07 Å². The van der Waals surface area contributed by atoms with Gasteiger partial charge < -0.3 is 14.0 Å². The number of rotatable bonds is 5. The van der Waals surface area contributed by atoms with E-state index in [4.69, 9.17) is 9.47 Å². The van der Waals surface area contributed by atoms with Crippen LogP contribution in [0.5, 0.6) is 11.5 Å². The lowest BCUT2D eigenvalue weighted by atomic mass is 10.3. The molecule has 1 heterocycles. The molecule has 0 aliphatic heterocycles. The van der Waals surface area contributed by atoms with E-state index >= 15 is 0 Å². The van der Waals surface area contributed by atoms with Crippen molar-refractivity contribution in [2.45, 2.75) is 13.5 Å². The van der Waals surface area contributed by atoms with Crippen LogP contribution >= 0.6 is 0 Å². The lowest BCUT2D eigenvalue weighted by Crippen LogP contribution is -2.08. The van der Waals surface area contributed by atoms with Gasteiger partial charge in [-0.15, -0.1) is 0 Å². The molecule has 1 aromatic carbocycles. The summed E-state index contributed by atoms with van der Waals surface area (Å²) in [5, 5.41) is 0. The molecule has 0 amide bonds. The van der Waals surface area contributed by atoms with Crippen LogP contribution in [0.3, 0.4) is 0 Å². The van der Waals surface area contributed by atoms with Gasteiger partial charge in [0.1, 0.15) is 23.9 Å². The molecule has 0 spiro atoms. The Hall–Kier alpha value is -1.97. The highest BCUT2D eigenvalue weighted by molar-refractivity contribution is 5.32. The maximum Gasteiger partial charge on any atom is 0.123 e. The third-order valence-corrected chi connectivity index (χ3v) is 2.57. The second-order valence-corrected chi connectivity index (χ2v) is 3.70. The average Bonchev–Trinajstić information content (AvgIpc) is 2.76. The van der Waals surface area contributed by atoms with Crippen molar-refractivity contribution in [1.29, 1.82) is 0 Å². The zero-order valence-corrected chi connectivity index (χ0v) is 10.1. The van der Waals surface area contributed by atoms with E-state index in [0.717, 1.165) is 23.9 Å². The Morgan fingerprint density at radius 2 is 2.12 bits per heavy atom. The Labute approximate surface area is 101 Å². The molecule has 0 radical (unpaired) electrons. The standard InChI is InChI=1S/C13H16N2O2/c1-11-14-6-7-15(11)8-9-17-13-5-3-4-12(10-13)16-2/h3-7,10H,8-9H2,1-2H3. The summed E-state index contributed by atoms with van der Waals surface area (Å²) in [6.45, 7) is 3.39. The van der Waals surface area contributed by atoms with Crippen LogP contribution in [0, 0.1) is 6.92 Å². The molecule has 4 nitrogen and oxygen atoms in total. The molecule has 1 aromatic heterocycles. The number of methoxy groups -OCH3 is 1. The van der Waals surface area contributed by atoms with Crippen molar-refractivity contribution < 1.29 is 9.47 Å². The van der Waals surface area contributed by atoms with Crippen molar-refractivity contribution in [2.75, 3.05) is 13.7 Å². The van der Waals surface area contributed by atoms with E-state index in [1.54, 1.807) is 13.3 Å². The first-order valence-corrected chi connectivity index (χ1v) is 5.54. The van der Waals surface area contributed by atoms with E-state index in [-0.39, 0.29) is 0 Å². The van der Waals surface area contributed by atoms with Crippen molar-refractivity contribution in [3.8, 4) is 11.5 Å². The molecule has 0 saturated heterocycles. The Morgan fingerprint density at radius 1 is 1.29 bits per heavy atom. The number of nitrogens with zero attached hydrogens (tertiary/aromatic N) is 2. The van der Waals surface area contributed by atoms with Crippen LogP contribution in [0.1, 0.15) is 5.82 Å². The first kappa shape index (κ1) is 11.5. The highest BCUT2D eigenvalue weighted by Gasteiger charge is 1.99. The number of ether oxygens (including phenoxy) is 2. The second-order valence-electron chi connectivity index (χ2n) is 3.70. The summed E-state index contributed by atoms with van der Waals surface area (Å²) >= 11 is 0. The van der Waals surface area contributed by atoms with Crippen LogP contribution < -0.4 is 9.47 Å². The van der Waals surface area contributed by atoms with Crippen molar-refractivity contribution >= 4 is 0 Å². The van der Waals surface area contributed by atoms with Crippen molar-refractivity contribution in [3.05, 3.63) is 42.5 Å². The summed E-state index contributed by atoms with van der Waals surface area (Å²) in [7, 11) is 1.65. The van der Waals surface area contributed by atoms with Gasteiger partial charge in [0, 0.05) is 18.5 Å². The monoisotopic (exact) mass is 232 g/mol. The number of hydrogen-bond donors (Lipinski definition) is 0. The fraction of sp³-hybridized carbons (Fsp3) is 0.308. The lowest BCUT2D eigenvalue weighted by Gasteiger charge is -2.09. The first-order valence-electron chi connectivity index (χ1n) is 5.54. The second kappa shape index (κ2) is 5.39. The third-order valence-electron chi connectivity index (χ3n) is 2.57. The van der Waals surface area contributed by atoms with Crippen LogP contribution in [0.25, 0.3) is 0 Å². The lowest BCUT2D eigenvalue weighted by molar-refractivity contribution is 0.295. The third kappa shape index (κ3) is 3.00. The SMILES string of the molecule is COc1cccc(OCCn2ccnc2C)c1. The van der Waals surface area contributed by atoms with Gasteiger partial charge in [0.05, 0.1) is 13.7 Å². The summed E-state index contributed by atoms with van der Waals surface area (Å²) < 4.78 is 12.8. The van der Waals surface area contributed by atoms with E-state index in [2.05, 4.69) is 9.55 Å². The van der Waals surface area contributed by atoms with Gasteiger partial charge in [0.25, 0.3) is 0 Å². The predicted molar refractivity (Wildman–Crippen MR) is 65.5 cm³/mol. The van der Waals surface area contributed by atoms with Gasteiger partial charge in [-0.3, -0.25) is 0 Å². The molecule has 0 unspecified atom stereocenters. The minimum atomic E-state index is 0.615. The molecule has 17 heavy (non-hydrogen) atoms. The number of aryl methyl sites for hydroxylation is 1. The molecule has 0 atom stereocenters. The summed E-state index contributed by atoms with van der Waals surface area (Å²) in [5.41, 5.74) is 0. The number of imidazole rings is 1. The maximum absolute atomic E-state index is 5.65. The Balaban J connectivity index is 1.87. The number of benzene rings is 1. The molecule has 2 aromatic rings. The largest absolute Gasteiger partial charge is 0.497 e. The Kier molecular flexibility index (Phi) is 3.65. The fourth-order valence-electron chi connectivity index (χ4n) is 1.59. The minimum Gasteiger partial charge on any atom is -0.497 e. The number of hydrogen-bond acceptors (Lipinski definition) is 3. The van der Waals surface area contributed by atoms with Gasteiger partial charge >= 0.3 is 0 Å². The molecular weight excluding hydrogens is 216 g/mol. The number of aromatic nitrogens is 2. The average molecular weight is 232 g/mol. The summed E-state index contributed by atoms with van der Waals surface area (Å²) in [6.07, 6.45) is 3.74. The van der Waals surface area contributed by atoms with E-state index in [9.17, 15) is 0 Å². The van der Waals surface area contributed by atoms with Gasteiger partial charge in [0.2, 0.25) is 0 Å². The highest BCUT2D eigenvalue weighted by Crippen LogP contribution is 2.18. The molecule has 90 valence electrons. The zero-order valence-electron chi connectivity index (χ0n) is 10.1. The van der Waals surface area contributed by atoms with E-state index in [0.29, 0.717) is 6.61 Å². The van der Waals surface area contributed by atoms with E-state index < -0.39 is 0 Å². The molecule has 0 fully saturated rings. The molecule has 0 saturated carbocycles. The first-order chi connectivity index (χ1) is 8.29. The van der Waals surface area contributed by atoms with Gasteiger partial charge in [0.15, 0.2) is 0 Å².